The quantitative estimate of drug-likeness (QED) is 0.393. The van der Waals surface area contributed by atoms with Gasteiger partial charge in [-0.2, -0.15) is 18.3 Å². The van der Waals surface area contributed by atoms with Crippen LogP contribution in [0.4, 0.5) is 19.0 Å². The maximum atomic E-state index is 13.8. The Morgan fingerprint density at radius 1 is 1.11 bits per heavy atom. The maximum Gasteiger partial charge on any atom is 0.417 e. The molecule has 2 N–H and O–H groups in total. The summed E-state index contributed by atoms with van der Waals surface area (Å²) in [6.07, 6.45) is -2.30. The number of nitrogens with zero attached hydrogens (tertiary/aromatic N) is 6. The van der Waals surface area contributed by atoms with Gasteiger partial charge in [0.1, 0.15) is 11.4 Å². The highest BCUT2D eigenvalue weighted by molar-refractivity contribution is 6.10. The number of aryl methyl sites for hydroxylation is 1. The van der Waals surface area contributed by atoms with Crippen LogP contribution in [0.2, 0.25) is 0 Å². The Morgan fingerprint density at radius 2 is 1.82 bits per heavy atom. The van der Waals surface area contributed by atoms with Gasteiger partial charge in [-0.3, -0.25) is 24.3 Å². The Kier molecular flexibility index (Phi) is 6.74. The van der Waals surface area contributed by atoms with Crippen molar-refractivity contribution in [3.63, 3.8) is 0 Å². The lowest BCUT2D eigenvalue weighted by Gasteiger charge is -2.36. The van der Waals surface area contributed by atoms with Crippen LogP contribution in [0.3, 0.4) is 0 Å². The van der Waals surface area contributed by atoms with E-state index < -0.39 is 29.2 Å². The highest BCUT2D eigenvalue weighted by Crippen LogP contribution is 2.30. The highest BCUT2D eigenvalue weighted by Gasteiger charge is 2.36. The number of ether oxygens (including phenoxy) is 1. The number of carbonyl (C=O) groups excluding carboxylic acids is 2. The van der Waals surface area contributed by atoms with E-state index in [-0.39, 0.29) is 17.8 Å². The van der Waals surface area contributed by atoms with Gasteiger partial charge in [0.15, 0.2) is 0 Å². The number of nitrogens with two attached hydrogens (primary N) is 1. The van der Waals surface area contributed by atoms with Gasteiger partial charge in [-0.25, -0.2) is 9.99 Å². The van der Waals surface area contributed by atoms with Crippen LogP contribution in [0.5, 0.6) is 0 Å². The summed E-state index contributed by atoms with van der Waals surface area (Å²) in [5.41, 5.74) is 5.40. The van der Waals surface area contributed by atoms with Crippen LogP contribution in [0.1, 0.15) is 35.5 Å². The zero-order valence-corrected chi connectivity index (χ0v) is 21.4. The molecule has 0 aliphatic rings. The van der Waals surface area contributed by atoms with E-state index in [1.807, 2.05) is 0 Å². The average Bonchev–Trinajstić information content (AvgIpc) is 3.28. The number of methoxy groups -OCH3 is 1. The number of rotatable bonds is 5. The molecule has 0 radical (unpaired) electrons. The standard InChI is InChI=1S/C25H26F3N7O3/c1-24(2,38-5)23(37)34(4)35(13-16-8-7-15(11-30-16)25(26,27)28)22(36)14-6-9-19-17(10-14)20-18(21(29)32-19)12-31-33(20)3/h6-12H,13H2,1-5H3,(H2,29,32). The summed E-state index contributed by atoms with van der Waals surface area (Å²) >= 11 is 0. The number of hydrogen-bond donors (Lipinski definition) is 1. The van der Waals surface area contributed by atoms with Crippen molar-refractivity contribution in [2.45, 2.75) is 32.2 Å². The number of likely N-dealkylation sites (N-methyl/N-ethyl adjacent to an activating group) is 1. The second-order valence-corrected chi connectivity index (χ2v) is 9.20. The van der Waals surface area contributed by atoms with Crippen molar-refractivity contribution in [3.05, 3.63) is 59.5 Å². The molecule has 1 aromatic carbocycles. The van der Waals surface area contributed by atoms with E-state index >= 15 is 0 Å². The minimum absolute atomic E-state index is 0.144. The molecule has 0 unspecified atom stereocenters. The van der Waals surface area contributed by atoms with Crippen molar-refractivity contribution < 1.29 is 27.5 Å². The smallest absolute Gasteiger partial charge is 0.383 e. The molecule has 0 fully saturated rings. The second-order valence-electron chi connectivity index (χ2n) is 9.20. The Morgan fingerprint density at radius 3 is 2.42 bits per heavy atom. The number of halogens is 3. The number of pyridine rings is 2. The van der Waals surface area contributed by atoms with Gasteiger partial charge in [0.2, 0.25) is 0 Å². The number of amides is 2. The summed E-state index contributed by atoms with van der Waals surface area (Å²) in [6, 6.07) is 6.81. The molecule has 3 aromatic heterocycles. The van der Waals surface area contributed by atoms with Crippen LogP contribution in [-0.4, -0.2) is 61.3 Å². The number of nitrogen functional groups attached to an aromatic ring is 1. The number of carbonyl (C=O) groups is 2. The van der Waals surface area contributed by atoms with Crippen LogP contribution < -0.4 is 5.73 Å². The molecule has 0 aliphatic carbocycles. The Labute approximate surface area is 215 Å². The molecule has 38 heavy (non-hydrogen) atoms. The summed E-state index contributed by atoms with van der Waals surface area (Å²) < 4.78 is 45.9. The fourth-order valence-electron chi connectivity index (χ4n) is 3.98. The maximum absolute atomic E-state index is 13.8. The summed E-state index contributed by atoms with van der Waals surface area (Å²) in [4.78, 5) is 35.3. The van der Waals surface area contributed by atoms with E-state index in [0.29, 0.717) is 33.8 Å². The van der Waals surface area contributed by atoms with Gasteiger partial charge >= 0.3 is 6.18 Å². The van der Waals surface area contributed by atoms with Gasteiger partial charge in [-0.05, 0) is 44.2 Å². The number of aromatic nitrogens is 4. The van der Waals surface area contributed by atoms with E-state index in [1.54, 1.807) is 30.1 Å². The normalized spacial score (nSPS) is 12.2. The molecule has 2 amide bonds. The van der Waals surface area contributed by atoms with Crippen LogP contribution in [-0.2, 0) is 29.3 Å². The number of anilines is 1. The van der Waals surface area contributed by atoms with Crippen molar-refractivity contribution in [2.75, 3.05) is 19.9 Å². The number of hydrogen-bond acceptors (Lipinski definition) is 7. The first-order chi connectivity index (χ1) is 17.7. The topological polar surface area (TPSA) is 119 Å². The van der Waals surface area contributed by atoms with Crippen LogP contribution in [0.25, 0.3) is 21.8 Å². The van der Waals surface area contributed by atoms with E-state index in [1.165, 1.54) is 34.1 Å². The largest absolute Gasteiger partial charge is 0.417 e. The fraction of sp³-hybridized carbons (Fsp3) is 0.320. The van der Waals surface area contributed by atoms with Crippen molar-refractivity contribution in [3.8, 4) is 0 Å². The molecule has 0 saturated heterocycles. The van der Waals surface area contributed by atoms with Crippen LogP contribution in [0.15, 0.2) is 42.7 Å². The lowest BCUT2D eigenvalue weighted by molar-refractivity contribution is -0.162. The minimum Gasteiger partial charge on any atom is -0.383 e. The van der Waals surface area contributed by atoms with E-state index in [0.717, 1.165) is 22.2 Å². The number of benzene rings is 1. The SMILES string of the molecule is COC(C)(C)C(=O)N(C)N(Cc1ccc(C(F)(F)F)cn1)C(=O)c1ccc2nc(N)c3cnn(C)c3c2c1. The number of alkyl halides is 3. The van der Waals surface area contributed by atoms with Crippen LogP contribution >= 0.6 is 0 Å². The molecule has 3 heterocycles. The molecular formula is C25H26F3N7O3. The summed E-state index contributed by atoms with van der Waals surface area (Å²) in [5, 5.41) is 7.64. The van der Waals surface area contributed by atoms with Crippen molar-refractivity contribution >= 4 is 39.4 Å². The van der Waals surface area contributed by atoms with Crippen molar-refractivity contribution in [1.29, 1.82) is 0 Å². The number of hydrazine groups is 1. The zero-order chi connectivity index (χ0) is 28.0. The molecule has 13 heteroatoms. The third-order valence-electron chi connectivity index (χ3n) is 6.33. The third-order valence-corrected chi connectivity index (χ3v) is 6.33. The molecule has 4 rings (SSSR count). The average molecular weight is 530 g/mol. The summed E-state index contributed by atoms with van der Waals surface area (Å²) in [5.74, 6) is -0.852. The highest BCUT2D eigenvalue weighted by atomic mass is 19.4. The monoisotopic (exact) mass is 529 g/mol. The Balaban J connectivity index is 1.78. The third kappa shape index (κ3) is 4.84. The molecule has 200 valence electrons. The minimum atomic E-state index is -4.56. The first-order valence-corrected chi connectivity index (χ1v) is 11.4. The molecular weight excluding hydrogens is 503 g/mol. The molecule has 4 aromatic rings. The first kappa shape index (κ1) is 26.8. The van der Waals surface area contributed by atoms with E-state index in [4.69, 9.17) is 10.5 Å². The molecule has 0 saturated carbocycles. The fourth-order valence-corrected chi connectivity index (χ4v) is 3.98. The Bertz CT molecular complexity index is 1530. The van der Waals surface area contributed by atoms with Crippen molar-refractivity contribution in [2.24, 2.45) is 7.05 Å². The molecule has 0 bridgehead atoms. The van der Waals surface area contributed by atoms with Gasteiger partial charge < -0.3 is 10.5 Å². The zero-order valence-electron chi connectivity index (χ0n) is 21.4. The summed E-state index contributed by atoms with van der Waals surface area (Å²) in [6.45, 7) is 2.80. The molecule has 0 aliphatic heterocycles. The molecule has 10 nitrogen and oxygen atoms in total. The van der Waals surface area contributed by atoms with Gasteiger partial charge in [-0.1, -0.05) is 0 Å². The van der Waals surface area contributed by atoms with E-state index in [9.17, 15) is 22.8 Å². The molecule has 0 spiro atoms. The number of fused-ring (bicyclic) bond motifs is 3. The predicted octanol–water partition coefficient (Wildman–Crippen LogP) is 3.56. The van der Waals surface area contributed by atoms with Gasteiger partial charge in [-0.15, -0.1) is 0 Å². The lowest BCUT2D eigenvalue weighted by Crippen LogP contribution is -2.54. The lowest BCUT2D eigenvalue weighted by atomic mass is 10.1. The van der Waals surface area contributed by atoms with Crippen LogP contribution in [0, 0.1) is 0 Å². The van der Waals surface area contributed by atoms with E-state index in [2.05, 4.69) is 15.1 Å². The first-order valence-electron chi connectivity index (χ1n) is 11.4. The molecule has 0 atom stereocenters. The van der Waals surface area contributed by atoms with Crippen molar-refractivity contribution in [1.82, 2.24) is 29.8 Å². The summed E-state index contributed by atoms with van der Waals surface area (Å²) in [7, 11) is 4.47. The van der Waals surface area contributed by atoms with Gasteiger partial charge in [0, 0.05) is 38.4 Å². The van der Waals surface area contributed by atoms with Gasteiger partial charge in [0.05, 0.1) is 40.4 Å². The second kappa shape index (κ2) is 9.56. The predicted molar refractivity (Wildman–Crippen MR) is 133 cm³/mol. The Hall–Kier alpha value is -4.26. The van der Waals surface area contributed by atoms with Gasteiger partial charge in [0.25, 0.3) is 11.8 Å².